The molecule has 0 spiro atoms. The highest BCUT2D eigenvalue weighted by atomic mass is 32.2. The van der Waals surface area contributed by atoms with Crippen LogP contribution in [0.2, 0.25) is 0 Å². The van der Waals surface area contributed by atoms with Gasteiger partial charge in [-0.2, -0.15) is 0 Å². The molecule has 3 aromatic rings. The van der Waals surface area contributed by atoms with Crippen LogP contribution < -0.4 is 14.8 Å². The van der Waals surface area contributed by atoms with E-state index in [1.807, 2.05) is 32.0 Å². The van der Waals surface area contributed by atoms with Crippen LogP contribution in [-0.2, 0) is 4.79 Å². The van der Waals surface area contributed by atoms with Crippen molar-refractivity contribution < 1.29 is 23.1 Å². The Hall–Kier alpha value is -3.07. The highest BCUT2D eigenvalue weighted by molar-refractivity contribution is 7.99. The Morgan fingerprint density at radius 3 is 2.59 bits per heavy atom. The summed E-state index contributed by atoms with van der Waals surface area (Å²) in [6.45, 7) is 5.34. The van der Waals surface area contributed by atoms with E-state index in [-0.39, 0.29) is 40.6 Å². The SMILES string of the molecule is CC(C)C(NC(=O)CSc1nnc(-c2ccc(F)cc2)o1)c1ccc2c(c1)OCCCO2. The first-order valence-electron chi connectivity index (χ1n) is 10.4. The number of carbonyl (C=O) groups excluding carboxylic acids is 1. The van der Waals surface area contributed by atoms with Crippen molar-refractivity contribution in [3.63, 3.8) is 0 Å². The van der Waals surface area contributed by atoms with E-state index in [4.69, 9.17) is 13.9 Å². The number of hydrogen-bond donors (Lipinski definition) is 1. The van der Waals surface area contributed by atoms with Crippen LogP contribution >= 0.6 is 11.8 Å². The lowest BCUT2D eigenvalue weighted by Gasteiger charge is -2.23. The Bertz CT molecular complexity index is 1070. The first kappa shape index (κ1) is 22.1. The van der Waals surface area contributed by atoms with Gasteiger partial charge in [-0.05, 0) is 47.9 Å². The summed E-state index contributed by atoms with van der Waals surface area (Å²) in [5.74, 6) is 1.51. The van der Waals surface area contributed by atoms with E-state index in [9.17, 15) is 9.18 Å². The maximum absolute atomic E-state index is 13.1. The lowest BCUT2D eigenvalue weighted by molar-refractivity contribution is -0.119. The fourth-order valence-electron chi connectivity index (χ4n) is 3.33. The Morgan fingerprint density at radius 1 is 1.09 bits per heavy atom. The number of benzene rings is 2. The molecule has 0 radical (unpaired) electrons. The molecule has 0 saturated heterocycles. The lowest BCUT2D eigenvalue weighted by atomic mass is 9.95. The number of amides is 1. The molecule has 1 aromatic heterocycles. The molecular formula is C23H24FN3O4S. The summed E-state index contributed by atoms with van der Waals surface area (Å²) in [6, 6.07) is 11.4. The number of nitrogens with one attached hydrogen (secondary N) is 1. The van der Waals surface area contributed by atoms with Gasteiger partial charge in [-0.3, -0.25) is 4.79 Å². The third-order valence-corrected chi connectivity index (χ3v) is 5.76. The zero-order valence-electron chi connectivity index (χ0n) is 17.8. The third kappa shape index (κ3) is 5.40. The van der Waals surface area contributed by atoms with Crippen molar-refractivity contribution in [2.24, 2.45) is 5.92 Å². The summed E-state index contributed by atoms with van der Waals surface area (Å²) >= 11 is 1.15. The highest BCUT2D eigenvalue weighted by Crippen LogP contribution is 2.34. The van der Waals surface area contributed by atoms with Gasteiger partial charge in [0.1, 0.15) is 5.82 Å². The predicted octanol–water partition coefficient (Wildman–Crippen LogP) is 4.64. The van der Waals surface area contributed by atoms with E-state index in [0.717, 1.165) is 29.5 Å². The Balaban J connectivity index is 1.38. The summed E-state index contributed by atoms with van der Waals surface area (Å²) in [7, 11) is 0. The summed E-state index contributed by atoms with van der Waals surface area (Å²) < 4.78 is 30.1. The minimum absolute atomic E-state index is 0.124. The van der Waals surface area contributed by atoms with Crippen LogP contribution in [0.5, 0.6) is 11.5 Å². The molecule has 0 fully saturated rings. The number of rotatable bonds is 7. The lowest BCUT2D eigenvalue weighted by Crippen LogP contribution is -2.33. The summed E-state index contributed by atoms with van der Waals surface area (Å²) in [5.41, 5.74) is 1.57. The summed E-state index contributed by atoms with van der Waals surface area (Å²) in [5, 5.41) is 11.3. The molecule has 1 unspecified atom stereocenters. The molecule has 2 aromatic carbocycles. The van der Waals surface area contributed by atoms with E-state index in [0.29, 0.717) is 24.5 Å². The molecule has 2 heterocycles. The molecule has 0 saturated carbocycles. The first-order chi connectivity index (χ1) is 15.5. The molecule has 9 heteroatoms. The van der Waals surface area contributed by atoms with E-state index in [1.165, 1.54) is 12.1 Å². The van der Waals surface area contributed by atoms with Crippen molar-refractivity contribution >= 4 is 17.7 Å². The summed E-state index contributed by atoms with van der Waals surface area (Å²) in [4.78, 5) is 12.6. The van der Waals surface area contributed by atoms with Crippen LogP contribution in [0.4, 0.5) is 4.39 Å². The number of hydrogen-bond acceptors (Lipinski definition) is 7. The number of ether oxygens (including phenoxy) is 2. The number of nitrogens with zero attached hydrogens (tertiary/aromatic N) is 2. The van der Waals surface area contributed by atoms with Gasteiger partial charge in [-0.1, -0.05) is 31.7 Å². The van der Waals surface area contributed by atoms with E-state index in [1.54, 1.807) is 12.1 Å². The zero-order valence-corrected chi connectivity index (χ0v) is 18.7. The van der Waals surface area contributed by atoms with E-state index in [2.05, 4.69) is 15.5 Å². The second-order valence-corrected chi connectivity index (χ2v) is 8.64. The van der Waals surface area contributed by atoms with Crippen molar-refractivity contribution in [1.82, 2.24) is 15.5 Å². The largest absolute Gasteiger partial charge is 0.490 e. The van der Waals surface area contributed by atoms with Gasteiger partial charge in [-0.25, -0.2) is 4.39 Å². The molecule has 1 amide bonds. The molecule has 0 bridgehead atoms. The van der Waals surface area contributed by atoms with Crippen LogP contribution in [0.15, 0.2) is 52.1 Å². The summed E-state index contributed by atoms with van der Waals surface area (Å²) in [6.07, 6.45) is 0.837. The molecule has 1 aliphatic rings. The normalized spacial score (nSPS) is 14.1. The molecule has 1 aliphatic heterocycles. The third-order valence-electron chi connectivity index (χ3n) is 4.94. The maximum atomic E-state index is 13.1. The van der Waals surface area contributed by atoms with Crippen molar-refractivity contribution in [1.29, 1.82) is 0 Å². The zero-order chi connectivity index (χ0) is 22.5. The number of halogens is 1. The van der Waals surface area contributed by atoms with E-state index < -0.39 is 0 Å². The predicted molar refractivity (Wildman–Crippen MR) is 118 cm³/mol. The van der Waals surface area contributed by atoms with Crippen LogP contribution in [0.1, 0.15) is 31.9 Å². The smallest absolute Gasteiger partial charge is 0.277 e. The van der Waals surface area contributed by atoms with E-state index >= 15 is 0 Å². The number of fused-ring (bicyclic) bond motifs is 1. The monoisotopic (exact) mass is 457 g/mol. The van der Waals surface area contributed by atoms with Gasteiger partial charge in [-0.15, -0.1) is 10.2 Å². The minimum Gasteiger partial charge on any atom is -0.490 e. The Kier molecular flexibility index (Phi) is 6.94. The van der Waals surface area contributed by atoms with Crippen LogP contribution in [0, 0.1) is 11.7 Å². The van der Waals surface area contributed by atoms with Gasteiger partial charge in [0.05, 0.1) is 25.0 Å². The highest BCUT2D eigenvalue weighted by Gasteiger charge is 2.22. The fourth-order valence-corrected chi connectivity index (χ4v) is 3.90. The van der Waals surface area contributed by atoms with Crippen LogP contribution in [0.25, 0.3) is 11.5 Å². The van der Waals surface area contributed by atoms with Gasteiger partial charge in [0.2, 0.25) is 11.8 Å². The Morgan fingerprint density at radius 2 is 1.84 bits per heavy atom. The average molecular weight is 458 g/mol. The second-order valence-electron chi connectivity index (χ2n) is 7.71. The van der Waals surface area contributed by atoms with Crippen molar-refractivity contribution in [2.75, 3.05) is 19.0 Å². The number of thioether (sulfide) groups is 1. The first-order valence-corrected chi connectivity index (χ1v) is 11.4. The second kappa shape index (κ2) is 10.0. The average Bonchev–Trinajstić information content (AvgIpc) is 3.13. The topological polar surface area (TPSA) is 86.5 Å². The van der Waals surface area contributed by atoms with Crippen molar-refractivity contribution in [2.45, 2.75) is 31.5 Å². The molecule has 168 valence electrons. The van der Waals surface area contributed by atoms with Gasteiger partial charge < -0.3 is 19.2 Å². The van der Waals surface area contributed by atoms with Crippen molar-refractivity contribution in [3.8, 4) is 23.0 Å². The fraction of sp³-hybridized carbons (Fsp3) is 0.348. The number of aromatic nitrogens is 2. The molecular weight excluding hydrogens is 433 g/mol. The molecule has 4 rings (SSSR count). The Labute approximate surface area is 189 Å². The van der Waals surface area contributed by atoms with Gasteiger partial charge in [0.25, 0.3) is 5.22 Å². The van der Waals surface area contributed by atoms with Crippen molar-refractivity contribution in [3.05, 3.63) is 53.8 Å². The molecule has 1 N–H and O–H groups in total. The quantitative estimate of drug-likeness (QED) is 0.517. The number of carbonyl (C=O) groups is 1. The molecule has 7 nitrogen and oxygen atoms in total. The van der Waals surface area contributed by atoms with Gasteiger partial charge in [0, 0.05) is 12.0 Å². The van der Waals surface area contributed by atoms with Gasteiger partial charge >= 0.3 is 0 Å². The van der Waals surface area contributed by atoms with Crippen LogP contribution in [0.3, 0.4) is 0 Å². The van der Waals surface area contributed by atoms with Crippen LogP contribution in [-0.4, -0.2) is 35.1 Å². The molecule has 1 atom stereocenters. The van der Waals surface area contributed by atoms with Gasteiger partial charge in [0.15, 0.2) is 11.5 Å². The molecule has 0 aliphatic carbocycles. The molecule has 32 heavy (non-hydrogen) atoms. The standard InChI is InChI=1S/C23H24FN3O4S/c1-14(2)21(16-6-9-18-19(12-16)30-11-3-10-29-18)25-20(28)13-32-23-27-26-22(31-23)15-4-7-17(24)8-5-15/h4-9,12,14,21H,3,10-11,13H2,1-2H3,(H,25,28). The maximum Gasteiger partial charge on any atom is 0.277 e. The minimum atomic E-state index is -0.340.